The van der Waals surface area contributed by atoms with Gasteiger partial charge in [0.1, 0.15) is 18.1 Å². The van der Waals surface area contributed by atoms with E-state index < -0.39 is 10.0 Å². The normalized spacial score (nSPS) is 11.5. The molecule has 130 valence electrons. The minimum absolute atomic E-state index is 0.264. The summed E-state index contributed by atoms with van der Waals surface area (Å²) in [5, 5.41) is 0. The number of likely N-dealkylation sites (N-methyl/N-ethyl adjacent to an activating group) is 1. The summed E-state index contributed by atoms with van der Waals surface area (Å²) in [5.41, 5.74) is 1.59. The van der Waals surface area contributed by atoms with Crippen molar-refractivity contribution < 1.29 is 17.9 Å². The van der Waals surface area contributed by atoms with E-state index in [2.05, 4.69) is 0 Å². The van der Waals surface area contributed by atoms with Crippen LogP contribution in [-0.4, -0.2) is 40.0 Å². The van der Waals surface area contributed by atoms with Gasteiger partial charge in [0, 0.05) is 13.6 Å². The van der Waals surface area contributed by atoms with Crippen LogP contribution in [0.4, 0.5) is 0 Å². The Morgan fingerprint density at radius 2 is 1.62 bits per heavy atom. The highest BCUT2D eigenvalue weighted by atomic mass is 32.2. The predicted octanol–water partition coefficient (Wildman–Crippen LogP) is 3.01. The molecule has 0 aromatic heterocycles. The number of aryl methyl sites for hydroxylation is 2. The molecule has 0 amide bonds. The van der Waals surface area contributed by atoms with Crippen LogP contribution in [0, 0.1) is 13.8 Å². The van der Waals surface area contributed by atoms with Gasteiger partial charge in [-0.2, -0.15) is 4.31 Å². The van der Waals surface area contributed by atoms with E-state index in [9.17, 15) is 8.42 Å². The molecule has 5 nitrogen and oxygen atoms in total. The topological polar surface area (TPSA) is 55.8 Å². The average Bonchev–Trinajstić information content (AvgIpc) is 2.55. The molecule has 0 spiro atoms. The highest BCUT2D eigenvalue weighted by Crippen LogP contribution is 2.27. The summed E-state index contributed by atoms with van der Waals surface area (Å²) < 4.78 is 37.6. The standard InChI is InChI=1S/C18H23NO4S/c1-14-12-17(13-15(2)18(14)22-4)24(20,21)19(3)10-11-23-16-8-6-5-7-9-16/h5-9,12-13H,10-11H2,1-4H3. The molecule has 24 heavy (non-hydrogen) atoms. The van der Waals surface area contributed by atoms with Crippen molar-refractivity contribution >= 4 is 10.0 Å². The molecular formula is C18H23NO4S. The fourth-order valence-electron chi connectivity index (χ4n) is 2.49. The van der Waals surface area contributed by atoms with Gasteiger partial charge in [0.05, 0.1) is 12.0 Å². The highest BCUT2D eigenvalue weighted by molar-refractivity contribution is 7.89. The zero-order valence-electron chi connectivity index (χ0n) is 14.4. The molecule has 0 heterocycles. The Bertz CT molecular complexity index is 765. The Morgan fingerprint density at radius 1 is 1.04 bits per heavy atom. The zero-order chi connectivity index (χ0) is 17.7. The second kappa shape index (κ2) is 7.68. The van der Waals surface area contributed by atoms with Gasteiger partial charge in [-0.05, 0) is 49.2 Å². The van der Waals surface area contributed by atoms with Crippen molar-refractivity contribution in [2.75, 3.05) is 27.3 Å². The van der Waals surface area contributed by atoms with Crippen LogP contribution in [0.2, 0.25) is 0 Å². The third-order valence-corrected chi connectivity index (χ3v) is 5.60. The van der Waals surface area contributed by atoms with Crippen LogP contribution in [0.5, 0.6) is 11.5 Å². The van der Waals surface area contributed by atoms with Crippen LogP contribution in [-0.2, 0) is 10.0 Å². The lowest BCUT2D eigenvalue weighted by Crippen LogP contribution is -2.31. The van der Waals surface area contributed by atoms with Gasteiger partial charge in [-0.15, -0.1) is 0 Å². The number of ether oxygens (including phenoxy) is 2. The number of sulfonamides is 1. The summed E-state index contributed by atoms with van der Waals surface area (Å²) >= 11 is 0. The van der Waals surface area contributed by atoms with E-state index in [4.69, 9.17) is 9.47 Å². The number of benzene rings is 2. The highest BCUT2D eigenvalue weighted by Gasteiger charge is 2.22. The minimum atomic E-state index is -3.57. The SMILES string of the molecule is COc1c(C)cc(S(=O)(=O)N(C)CCOc2ccccc2)cc1C. The molecule has 0 N–H and O–H groups in total. The summed E-state index contributed by atoms with van der Waals surface area (Å²) in [7, 11) is -0.432. The molecule has 0 aliphatic rings. The van der Waals surface area contributed by atoms with Crippen molar-refractivity contribution in [3.8, 4) is 11.5 Å². The zero-order valence-corrected chi connectivity index (χ0v) is 15.3. The maximum Gasteiger partial charge on any atom is 0.242 e. The molecule has 0 bridgehead atoms. The fourth-order valence-corrected chi connectivity index (χ4v) is 3.82. The lowest BCUT2D eigenvalue weighted by Gasteiger charge is -2.19. The lowest BCUT2D eigenvalue weighted by molar-refractivity contribution is 0.287. The molecule has 0 aliphatic carbocycles. The Hall–Kier alpha value is -2.05. The molecular weight excluding hydrogens is 326 g/mol. The van der Waals surface area contributed by atoms with Crippen molar-refractivity contribution in [3.63, 3.8) is 0 Å². The molecule has 0 fully saturated rings. The monoisotopic (exact) mass is 349 g/mol. The van der Waals surface area contributed by atoms with E-state index in [1.807, 2.05) is 44.2 Å². The Kier molecular flexibility index (Phi) is 5.85. The average molecular weight is 349 g/mol. The molecule has 2 rings (SSSR count). The summed E-state index contributed by atoms with van der Waals surface area (Å²) in [6, 6.07) is 12.6. The Labute approximate surface area is 143 Å². The Balaban J connectivity index is 2.09. The molecule has 0 radical (unpaired) electrons. The van der Waals surface area contributed by atoms with Gasteiger partial charge in [-0.25, -0.2) is 8.42 Å². The van der Waals surface area contributed by atoms with Crippen LogP contribution in [0.15, 0.2) is 47.4 Å². The van der Waals surface area contributed by atoms with E-state index in [0.29, 0.717) is 5.75 Å². The van der Waals surface area contributed by atoms with E-state index in [1.54, 1.807) is 26.3 Å². The first-order chi connectivity index (χ1) is 11.4. The van der Waals surface area contributed by atoms with Crippen molar-refractivity contribution in [3.05, 3.63) is 53.6 Å². The van der Waals surface area contributed by atoms with E-state index in [0.717, 1.165) is 16.9 Å². The molecule has 0 saturated heterocycles. The summed E-state index contributed by atoms with van der Waals surface area (Å²) in [5.74, 6) is 1.43. The van der Waals surface area contributed by atoms with Crippen LogP contribution in [0.3, 0.4) is 0 Å². The third kappa shape index (κ3) is 4.07. The third-order valence-electron chi connectivity index (χ3n) is 3.76. The van der Waals surface area contributed by atoms with Crippen molar-refractivity contribution in [1.82, 2.24) is 4.31 Å². The van der Waals surface area contributed by atoms with Gasteiger partial charge in [-0.1, -0.05) is 18.2 Å². The number of hydrogen-bond donors (Lipinski definition) is 0. The number of hydrogen-bond acceptors (Lipinski definition) is 4. The molecule has 0 unspecified atom stereocenters. The maximum atomic E-state index is 12.7. The molecule has 0 aliphatic heterocycles. The number of methoxy groups -OCH3 is 1. The number of rotatable bonds is 7. The van der Waals surface area contributed by atoms with Crippen molar-refractivity contribution in [2.45, 2.75) is 18.7 Å². The quantitative estimate of drug-likeness (QED) is 0.771. The van der Waals surface area contributed by atoms with Gasteiger partial charge in [0.15, 0.2) is 0 Å². The van der Waals surface area contributed by atoms with E-state index in [-0.39, 0.29) is 18.0 Å². The van der Waals surface area contributed by atoms with Crippen molar-refractivity contribution in [2.24, 2.45) is 0 Å². The first-order valence-corrected chi connectivity index (χ1v) is 9.09. The van der Waals surface area contributed by atoms with Crippen LogP contribution in [0.1, 0.15) is 11.1 Å². The van der Waals surface area contributed by atoms with Gasteiger partial charge < -0.3 is 9.47 Å². The van der Waals surface area contributed by atoms with Gasteiger partial charge in [-0.3, -0.25) is 0 Å². The predicted molar refractivity (Wildman–Crippen MR) is 94.2 cm³/mol. The first kappa shape index (κ1) is 18.3. The lowest BCUT2D eigenvalue weighted by atomic mass is 10.1. The minimum Gasteiger partial charge on any atom is -0.496 e. The largest absolute Gasteiger partial charge is 0.496 e. The second-order valence-corrected chi connectivity index (χ2v) is 7.62. The molecule has 0 atom stereocenters. The summed E-state index contributed by atoms with van der Waals surface area (Å²) in [4.78, 5) is 0.264. The van der Waals surface area contributed by atoms with Gasteiger partial charge in [0.2, 0.25) is 10.0 Å². The van der Waals surface area contributed by atoms with E-state index in [1.165, 1.54) is 4.31 Å². The number of nitrogens with zero attached hydrogens (tertiary/aromatic N) is 1. The van der Waals surface area contributed by atoms with E-state index >= 15 is 0 Å². The number of para-hydroxylation sites is 1. The maximum absolute atomic E-state index is 12.7. The van der Waals surface area contributed by atoms with Gasteiger partial charge >= 0.3 is 0 Å². The summed E-state index contributed by atoms with van der Waals surface area (Å²) in [6.07, 6.45) is 0. The fraction of sp³-hybridized carbons (Fsp3) is 0.333. The molecule has 2 aromatic carbocycles. The Morgan fingerprint density at radius 3 is 2.17 bits per heavy atom. The molecule has 2 aromatic rings. The van der Waals surface area contributed by atoms with Gasteiger partial charge in [0.25, 0.3) is 0 Å². The van der Waals surface area contributed by atoms with Crippen molar-refractivity contribution in [1.29, 1.82) is 0 Å². The van der Waals surface area contributed by atoms with Crippen LogP contribution in [0.25, 0.3) is 0 Å². The first-order valence-electron chi connectivity index (χ1n) is 7.65. The molecule has 6 heteroatoms. The summed E-state index contributed by atoms with van der Waals surface area (Å²) in [6.45, 7) is 4.22. The van der Waals surface area contributed by atoms with Crippen LogP contribution >= 0.6 is 0 Å². The van der Waals surface area contributed by atoms with Crippen LogP contribution < -0.4 is 9.47 Å². The smallest absolute Gasteiger partial charge is 0.242 e. The second-order valence-electron chi connectivity index (χ2n) is 5.58. The molecule has 0 saturated carbocycles.